The van der Waals surface area contributed by atoms with E-state index < -0.39 is 42.2 Å². The SMILES string of the molecule is C=CCCCCCCCC(=O)OC[C@H]1O[C@@H](n2ccc(N)nc2=O)[C@@H](O)[C@@H]1OC(=O)CCCCCCCC=C.Cl. The third-order valence-electron chi connectivity index (χ3n) is 6.69. The number of allylic oxidation sites excluding steroid dienone is 2. The quantitative estimate of drug-likeness (QED) is 0.126. The molecule has 1 aliphatic rings. The lowest BCUT2D eigenvalue weighted by Crippen LogP contribution is -2.39. The van der Waals surface area contributed by atoms with Gasteiger partial charge in [-0.2, -0.15) is 4.98 Å². The number of hydrogen-bond acceptors (Lipinski definition) is 9. The molecule has 2 rings (SSSR count). The van der Waals surface area contributed by atoms with Crippen molar-refractivity contribution in [2.45, 2.75) is 114 Å². The minimum Gasteiger partial charge on any atom is -0.463 e. The molecular formula is C29H46ClN3O7. The molecule has 1 saturated heterocycles. The molecule has 0 unspecified atom stereocenters. The Morgan fingerprint density at radius 1 is 0.975 bits per heavy atom. The van der Waals surface area contributed by atoms with Gasteiger partial charge in [-0.1, -0.05) is 50.7 Å². The Bertz CT molecular complexity index is 971. The van der Waals surface area contributed by atoms with Gasteiger partial charge in [0.2, 0.25) is 0 Å². The van der Waals surface area contributed by atoms with Crippen molar-refractivity contribution in [2.24, 2.45) is 0 Å². The van der Waals surface area contributed by atoms with Crippen LogP contribution in [0.3, 0.4) is 0 Å². The maximum Gasteiger partial charge on any atom is 0.351 e. The number of nitrogen functional groups attached to an aromatic ring is 1. The summed E-state index contributed by atoms with van der Waals surface area (Å²) in [6.45, 7) is 7.21. The maximum atomic E-state index is 12.6. The lowest BCUT2D eigenvalue weighted by atomic mass is 10.1. The van der Waals surface area contributed by atoms with Crippen LogP contribution in [-0.4, -0.2) is 51.5 Å². The molecule has 4 atom stereocenters. The molecule has 10 nitrogen and oxygen atoms in total. The van der Waals surface area contributed by atoms with Gasteiger partial charge >= 0.3 is 17.6 Å². The van der Waals surface area contributed by atoms with Gasteiger partial charge in [0.05, 0.1) is 0 Å². The molecule has 0 amide bonds. The number of nitrogens with two attached hydrogens (primary N) is 1. The van der Waals surface area contributed by atoms with Crippen LogP contribution in [0.1, 0.15) is 96.1 Å². The molecule has 1 aliphatic heterocycles. The van der Waals surface area contributed by atoms with Gasteiger partial charge in [-0.3, -0.25) is 14.2 Å². The van der Waals surface area contributed by atoms with Crippen LogP contribution in [0.25, 0.3) is 0 Å². The van der Waals surface area contributed by atoms with Gasteiger partial charge in [-0.05, 0) is 44.6 Å². The van der Waals surface area contributed by atoms with Gasteiger partial charge < -0.3 is 25.1 Å². The molecule has 226 valence electrons. The van der Waals surface area contributed by atoms with Gasteiger partial charge in [0.1, 0.15) is 24.6 Å². The Hall–Kier alpha value is -2.69. The van der Waals surface area contributed by atoms with E-state index in [2.05, 4.69) is 18.1 Å². The summed E-state index contributed by atoms with van der Waals surface area (Å²) in [6, 6.07) is 1.40. The molecular weight excluding hydrogens is 538 g/mol. The number of nitrogens with zero attached hydrogens (tertiary/aromatic N) is 2. The monoisotopic (exact) mass is 583 g/mol. The molecule has 0 spiro atoms. The number of unbranched alkanes of at least 4 members (excludes halogenated alkanes) is 10. The van der Waals surface area contributed by atoms with E-state index in [0.717, 1.165) is 68.8 Å². The first kappa shape index (κ1) is 35.3. The highest BCUT2D eigenvalue weighted by atomic mass is 35.5. The summed E-state index contributed by atoms with van der Waals surface area (Å²) in [6.07, 6.45) is 12.6. The fourth-order valence-electron chi connectivity index (χ4n) is 4.48. The average molecular weight is 584 g/mol. The number of carbonyl (C=O) groups excluding carboxylic acids is 2. The second kappa shape index (κ2) is 20.2. The van der Waals surface area contributed by atoms with Crippen LogP contribution in [-0.2, 0) is 23.8 Å². The van der Waals surface area contributed by atoms with E-state index in [1.807, 2.05) is 12.2 Å². The Morgan fingerprint density at radius 2 is 1.52 bits per heavy atom. The predicted octanol–water partition coefficient (Wildman–Crippen LogP) is 4.79. The van der Waals surface area contributed by atoms with Crippen molar-refractivity contribution in [3.05, 3.63) is 48.1 Å². The zero-order valence-electron chi connectivity index (χ0n) is 23.4. The molecule has 0 radical (unpaired) electrons. The molecule has 3 N–H and O–H groups in total. The highest BCUT2D eigenvalue weighted by Gasteiger charge is 2.48. The molecule has 1 aromatic rings. The number of hydrogen-bond donors (Lipinski definition) is 2. The van der Waals surface area contributed by atoms with Crippen LogP contribution < -0.4 is 11.4 Å². The van der Waals surface area contributed by atoms with E-state index in [-0.39, 0.29) is 37.7 Å². The number of esters is 2. The van der Waals surface area contributed by atoms with Crippen molar-refractivity contribution in [3.8, 4) is 0 Å². The van der Waals surface area contributed by atoms with Crippen molar-refractivity contribution in [3.63, 3.8) is 0 Å². The van der Waals surface area contributed by atoms with Crippen LogP contribution in [0.5, 0.6) is 0 Å². The molecule has 2 heterocycles. The van der Waals surface area contributed by atoms with Crippen molar-refractivity contribution in [1.29, 1.82) is 0 Å². The summed E-state index contributed by atoms with van der Waals surface area (Å²) in [4.78, 5) is 40.9. The van der Waals surface area contributed by atoms with Crippen LogP contribution in [0.15, 0.2) is 42.4 Å². The van der Waals surface area contributed by atoms with Crippen molar-refractivity contribution >= 4 is 30.2 Å². The lowest BCUT2D eigenvalue weighted by Gasteiger charge is -2.21. The Labute approximate surface area is 243 Å². The molecule has 0 aliphatic carbocycles. The number of aliphatic hydroxyl groups is 1. The van der Waals surface area contributed by atoms with Gasteiger partial charge in [-0.15, -0.1) is 25.6 Å². The van der Waals surface area contributed by atoms with E-state index >= 15 is 0 Å². The van der Waals surface area contributed by atoms with E-state index in [0.29, 0.717) is 12.8 Å². The Kier molecular flexibility index (Phi) is 17.9. The molecule has 0 saturated carbocycles. The van der Waals surface area contributed by atoms with Gasteiger partial charge in [0.25, 0.3) is 0 Å². The number of aliphatic hydroxyl groups excluding tert-OH is 1. The third kappa shape index (κ3) is 12.7. The molecule has 0 bridgehead atoms. The Balaban J connectivity index is 0.00000800. The summed E-state index contributed by atoms with van der Waals surface area (Å²) in [5.74, 6) is -0.845. The smallest absolute Gasteiger partial charge is 0.351 e. The maximum absolute atomic E-state index is 12.6. The standard InChI is InChI=1S/C29H45N3O7.ClH/c1-3-5-7-9-11-13-15-17-24(33)37-21-22-27(39-25(34)18-16-14-12-10-8-6-4-2)26(35)28(38-22)32-20-19-23(30)31-29(32)36;/h3-4,19-20,22,26-28,35H,1-2,5-18,21H2,(H2,30,31,36);1H/t22-,26+,27-,28-;/m1./s1. The second-order valence-corrected chi connectivity index (χ2v) is 9.93. The summed E-state index contributed by atoms with van der Waals surface area (Å²) in [7, 11) is 0. The molecule has 11 heteroatoms. The van der Waals surface area contributed by atoms with Crippen molar-refractivity contribution < 1.29 is 28.9 Å². The minimum atomic E-state index is -1.37. The van der Waals surface area contributed by atoms with E-state index in [4.69, 9.17) is 19.9 Å². The second-order valence-electron chi connectivity index (χ2n) is 9.93. The topological polar surface area (TPSA) is 143 Å². The van der Waals surface area contributed by atoms with Crippen molar-refractivity contribution in [1.82, 2.24) is 9.55 Å². The predicted molar refractivity (Wildman–Crippen MR) is 156 cm³/mol. The molecule has 0 aromatic carbocycles. The highest BCUT2D eigenvalue weighted by molar-refractivity contribution is 5.85. The summed E-state index contributed by atoms with van der Waals surface area (Å²) >= 11 is 0. The largest absolute Gasteiger partial charge is 0.463 e. The molecule has 1 aromatic heterocycles. The lowest BCUT2D eigenvalue weighted by molar-refractivity contribution is -0.160. The Morgan fingerprint density at radius 3 is 2.10 bits per heavy atom. The molecule has 1 fully saturated rings. The number of ether oxygens (including phenoxy) is 3. The zero-order valence-corrected chi connectivity index (χ0v) is 24.2. The average Bonchev–Trinajstić information content (AvgIpc) is 3.21. The fourth-order valence-corrected chi connectivity index (χ4v) is 4.48. The van der Waals surface area contributed by atoms with E-state index in [1.54, 1.807) is 0 Å². The normalized spacial score (nSPS) is 19.9. The number of carbonyl (C=O) groups is 2. The van der Waals surface area contributed by atoms with Crippen LogP contribution in [0.4, 0.5) is 5.82 Å². The van der Waals surface area contributed by atoms with Crippen LogP contribution in [0, 0.1) is 0 Å². The van der Waals surface area contributed by atoms with Gasteiger partial charge in [0, 0.05) is 19.0 Å². The molecule has 40 heavy (non-hydrogen) atoms. The first-order valence-electron chi connectivity index (χ1n) is 14.1. The first-order valence-corrected chi connectivity index (χ1v) is 14.1. The summed E-state index contributed by atoms with van der Waals surface area (Å²) in [5, 5.41) is 11.0. The first-order chi connectivity index (χ1) is 18.9. The minimum absolute atomic E-state index is 0. The van der Waals surface area contributed by atoms with Gasteiger partial charge in [-0.25, -0.2) is 4.79 Å². The number of aromatic nitrogens is 2. The van der Waals surface area contributed by atoms with E-state index in [9.17, 15) is 19.5 Å². The van der Waals surface area contributed by atoms with Crippen LogP contribution >= 0.6 is 12.4 Å². The zero-order chi connectivity index (χ0) is 28.5. The van der Waals surface area contributed by atoms with E-state index in [1.165, 1.54) is 12.3 Å². The number of rotatable bonds is 20. The summed E-state index contributed by atoms with van der Waals surface area (Å²) in [5.41, 5.74) is 4.86. The summed E-state index contributed by atoms with van der Waals surface area (Å²) < 4.78 is 17.9. The van der Waals surface area contributed by atoms with Gasteiger partial charge in [0.15, 0.2) is 12.3 Å². The van der Waals surface area contributed by atoms with Crippen molar-refractivity contribution in [2.75, 3.05) is 12.3 Å². The third-order valence-corrected chi connectivity index (χ3v) is 6.69. The number of anilines is 1. The number of halogens is 1. The van der Waals surface area contributed by atoms with Crippen LogP contribution in [0.2, 0.25) is 0 Å². The highest BCUT2D eigenvalue weighted by Crippen LogP contribution is 2.31. The fraction of sp³-hybridized carbons (Fsp3) is 0.655.